The lowest BCUT2D eigenvalue weighted by Crippen LogP contribution is -2.44. The number of amides is 1. The first-order valence-electron chi connectivity index (χ1n) is 9.24. The summed E-state index contributed by atoms with van der Waals surface area (Å²) in [6.07, 6.45) is 10.2. The van der Waals surface area contributed by atoms with Crippen molar-refractivity contribution >= 4 is 11.6 Å². The van der Waals surface area contributed by atoms with Crippen LogP contribution >= 0.6 is 0 Å². The molecular formula is C23H26N2O2. The predicted molar refractivity (Wildman–Crippen MR) is 110 cm³/mol. The van der Waals surface area contributed by atoms with Crippen LogP contribution in [0.15, 0.2) is 77.6 Å². The molecule has 0 saturated carbocycles. The van der Waals surface area contributed by atoms with Crippen molar-refractivity contribution in [1.29, 1.82) is 0 Å². The fourth-order valence-corrected chi connectivity index (χ4v) is 3.68. The molecule has 1 amide bonds. The molecule has 0 aliphatic carbocycles. The maximum Gasteiger partial charge on any atom is 0.224 e. The Balaban J connectivity index is 2.04. The van der Waals surface area contributed by atoms with Crippen LogP contribution < -0.4 is 10.2 Å². The SMILES string of the molecule is C=C/C=C\C(=C/C)N[C@@H]1C[C@@H](C)N(C(C)=O)c2ccc(-c3ccco3)cc21. The molecule has 0 radical (unpaired) electrons. The molecule has 27 heavy (non-hydrogen) atoms. The van der Waals surface area contributed by atoms with Crippen molar-refractivity contribution in [2.75, 3.05) is 4.90 Å². The first-order chi connectivity index (χ1) is 13.0. The van der Waals surface area contributed by atoms with E-state index in [0.717, 1.165) is 34.7 Å². The summed E-state index contributed by atoms with van der Waals surface area (Å²) in [6.45, 7) is 9.45. The van der Waals surface area contributed by atoms with E-state index < -0.39 is 0 Å². The van der Waals surface area contributed by atoms with Crippen molar-refractivity contribution in [3.8, 4) is 11.3 Å². The van der Waals surface area contributed by atoms with Crippen molar-refractivity contribution in [2.45, 2.75) is 39.3 Å². The molecule has 4 nitrogen and oxygen atoms in total. The van der Waals surface area contributed by atoms with Crippen LogP contribution in [0.5, 0.6) is 0 Å². The summed E-state index contributed by atoms with van der Waals surface area (Å²) in [5, 5.41) is 3.62. The molecule has 1 aromatic carbocycles. The summed E-state index contributed by atoms with van der Waals surface area (Å²) < 4.78 is 5.56. The summed E-state index contributed by atoms with van der Waals surface area (Å²) in [6, 6.07) is 10.2. The Hall–Kier alpha value is -3.01. The Morgan fingerprint density at radius 1 is 1.37 bits per heavy atom. The van der Waals surface area contributed by atoms with E-state index in [1.54, 1.807) is 19.3 Å². The molecule has 1 aromatic heterocycles. The summed E-state index contributed by atoms with van der Waals surface area (Å²) in [4.78, 5) is 14.1. The van der Waals surface area contributed by atoms with Gasteiger partial charge in [-0.05, 0) is 62.2 Å². The van der Waals surface area contributed by atoms with E-state index in [1.807, 2.05) is 54.3 Å². The number of fused-ring (bicyclic) bond motifs is 1. The molecule has 1 N–H and O–H groups in total. The van der Waals surface area contributed by atoms with Gasteiger partial charge in [0.2, 0.25) is 5.91 Å². The molecule has 0 bridgehead atoms. The number of hydrogen-bond donors (Lipinski definition) is 1. The Labute approximate surface area is 160 Å². The third-order valence-electron chi connectivity index (χ3n) is 4.89. The van der Waals surface area contributed by atoms with Crippen LogP contribution in [0.3, 0.4) is 0 Å². The number of anilines is 1. The van der Waals surface area contributed by atoms with Gasteiger partial charge in [-0.25, -0.2) is 0 Å². The molecule has 1 aliphatic heterocycles. The van der Waals surface area contributed by atoms with E-state index in [-0.39, 0.29) is 18.0 Å². The van der Waals surface area contributed by atoms with Crippen LogP contribution in [0.25, 0.3) is 11.3 Å². The van der Waals surface area contributed by atoms with Gasteiger partial charge < -0.3 is 14.6 Å². The highest BCUT2D eigenvalue weighted by atomic mass is 16.3. The number of carbonyl (C=O) groups is 1. The van der Waals surface area contributed by atoms with E-state index in [1.165, 1.54) is 0 Å². The molecule has 0 fully saturated rings. The molecule has 0 saturated heterocycles. The van der Waals surface area contributed by atoms with Crippen LogP contribution in [-0.4, -0.2) is 11.9 Å². The van der Waals surface area contributed by atoms with Gasteiger partial charge in [0.05, 0.1) is 12.3 Å². The molecule has 0 spiro atoms. The zero-order chi connectivity index (χ0) is 19.4. The number of hydrogen-bond acceptors (Lipinski definition) is 3. The topological polar surface area (TPSA) is 45.5 Å². The molecular weight excluding hydrogens is 336 g/mol. The quantitative estimate of drug-likeness (QED) is 0.728. The van der Waals surface area contributed by atoms with Gasteiger partial charge in [0, 0.05) is 29.9 Å². The molecule has 2 atom stereocenters. The van der Waals surface area contributed by atoms with Gasteiger partial charge in [0.25, 0.3) is 0 Å². The minimum atomic E-state index is 0.0609. The fourth-order valence-electron chi connectivity index (χ4n) is 3.68. The maximum absolute atomic E-state index is 12.3. The highest BCUT2D eigenvalue weighted by Gasteiger charge is 2.32. The lowest BCUT2D eigenvalue weighted by atomic mass is 9.89. The van der Waals surface area contributed by atoms with E-state index in [0.29, 0.717) is 0 Å². The van der Waals surface area contributed by atoms with Crippen molar-refractivity contribution in [3.05, 3.63) is 78.7 Å². The van der Waals surface area contributed by atoms with Crippen LogP contribution in [0, 0.1) is 0 Å². The van der Waals surface area contributed by atoms with Gasteiger partial charge in [-0.1, -0.05) is 24.8 Å². The van der Waals surface area contributed by atoms with E-state index in [9.17, 15) is 4.79 Å². The first kappa shape index (κ1) is 18.8. The summed E-state index contributed by atoms with van der Waals surface area (Å²) in [5.74, 6) is 0.883. The fraction of sp³-hybridized carbons (Fsp3) is 0.261. The van der Waals surface area contributed by atoms with Crippen LogP contribution in [0.2, 0.25) is 0 Å². The number of allylic oxidation sites excluding steroid dienone is 4. The highest BCUT2D eigenvalue weighted by molar-refractivity contribution is 5.94. The van der Waals surface area contributed by atoms with E-state index in [2.05, 4.69) is 24.9 Å². The zero-order valence-electron chi connectivity index (χ0n) is 16.1. The third kappa shape index (κ3) is 3.90. The van der Waals surface area contributed by atoms with Crippen molar-refractivity contribution in [2.24, 2.45) is 0 Å². The van der Waals surface area contributed by atoms with Gasteiger partial charge in [0.1, 0.15) is 5.76 Å². The summed E-state index contributed by atoms with van der Waals surface area (Å²) >= 11 is 0. The number of nitrogens with one attached hydrogen (secondary N) is 1. The second-order valence-electron chi connectivity index (χ2n) is 6.76. The second kappa shape index (κ2) is 8.12. The lowest BCUT2D eigenvalue weighted by Gasteiger charge is -2.40. The smallest absolute Gasteiger partial charge is 0.224 e. The van der Waals surface area contributed by atoms with Gasteiger partial charge >= 0.3 is 0 Å². The monoisotopic (exact) mass is 362 g/mol. The average Bonchev–Trinajstić information content (AvgIpc) is 3.19. The first-order valence-corrected chi connectivity index (χ1v) is 9.24. The number of carbonyl (C=O) groups excluding carboxylic acids is 1. The number of rotatable bonds is 5. The van der Waals surface area contributed by atoms with Gasteiger partial charge in [-0.15, -0.1) is 0 Å². The number of furan rings is 1. The average molecular weight is 362 g/mol. The minimum Gasteiger partial charge on any atom is -0.464 e. The Bertz CT molecular complexity index is 878. The van der Waals surface area contributed by atoms with Gasteiger partial charge in [-0.2, -0.15) is 0 Å². The minimum absolute atomic E-state index is 0.0609. The molecule has 2 aromatic rings. The Kier molecular flexibility index (Phi) is 5.65. The Morgan fingerprint density at radius 3 is 2.81 bits per heavy atom. The van der Waals surface area contributed by atoms with Crippen LogP contribution in [0.4, 0.5) is 5.69 Å². The molecule has 4 heteroatoms. The summed E-state index contributed by atoms with van der Waals surface area (Å²) in [7, 11) is 0. The summed E-state index contributed by atoms with van der Waals surface area (Å²) in [5.41, 5.74) is 4.09. The van der Waals surface area contributed by atoms with E-state index >= 15 is 0 Å². The molecule has 140 valence electrons. The number of nitrogens with zero attached hydrogens (tertiary/aromatic N) is 1. The highest BCUT2D eigenvalue weighted by Crippen LogP contribution is 2.40. The van der Waals surface area contributed by atoms with E-state index in [4.69, 9.17) is 4.42 Å². The Morgan fingerprint density at radius 2 is 2.19 bits per heavy atom. The molecule has 2 heterocycles. The van der Waals surface area contributed by atoms with Crippen LogP contribution in [0.1, 0.15) is 38.8 Å². The van der Waals surface area contributed by atoms with Gasteiger partial charge in [0.15, 0.2) is 0 Å². The predicted octanol–water partition coefficient (Wildman–Crippen LogP) is 5.37. The largest absolute Gasteiger partial charge is 0.464 e. The van der Waals surface area contributed by atoms with Crippen LogP contribution in [-0.2, 0) is 4.79 Å². The zero-order valence-corrected chi connectivity index (χ0v) is 16.1. The molecule has 1 aliphatic rings. The van der Waals surface area contributed by atoms with Gasteiger partial charge in [-0.3, -0.25) is 4.79 Å². The van der Waals surface area contributed by atoms with Crippen molar-refractivity contribution in [3.63, 3.8) is 0 Å². The maximum atomic E-state index is 12.3. The molecule has 0 unspecified atom stereocenters. The lowest BCUT2D eigenvalue weighted by molar-refractivity contribution is -0.117. The molecule has 3 rings (SSSR count). The normalized spacial score (nSPS) is 19.8. The van der Waals surface area contributed by atoms with Crippen molar-refractivity contribution in [1.82, 2.24) is 5.32 Å². The standard InChI is InChI=1S/C23H26N2O2/c1-5-7-9-19(6-2)24-21-14-16(3)25(17(4)26)22-12-11-18(15-20(21)22)23-10-8-13-27-23/h5-13,15-16,21,24H,1,14H2,2-4H3/b9-7-,19-6+/t16-,21-/m1/s1. The third-order valence-corrected chi connectivity index (χ3v) is 4.89. The second-order valence-corrected chi connectivity index (χ2v) is 6.76. The van der Waals surface area contributed by atoms with Crippen molar-refractivity contribution < 1.29 is 9.21 Å². The number of benzene rings is 1.